The lowest BCUT2D eigenvalue weighted by molar-refractivity contribution is -0.247. The number of nitrogens with one attached hydrogen (secondary N) is 1. The van der Waals surface area contributed by atoms with Crippen LogP contribution in [-0.2, 0) is 14.2 Å². The highest BCUT2D eigenvalue weighted by Gasteiger charge is 2.28. The number of anilines is 1. The normalized spacial score (nSPS) is 18.6. The first-order valence-corrected chi connectivity index (χ1v) is 6.33. The number of methoxy groups -OCH3 is 1. The highest BCUT2D eigenvalue weighted by atomic mass is 19.1. The molecule has 20 heavy (non-hydrogen) atoms. The molecule has 0 amide bonds. The van der Waals surface area contributed by atoms with E-state index in [0.29, 0.717) is 13.2 Å². The van der Waals surface area contributed by atoms with E-state index in [4.69, 9.17) is 9.47 Å². The van der Waals surface area contributed by atoms with E-state index >= 15 is 0 Å². The van der Waals surface area contributed by atoms with Gasteiger partial charge in [-0.05, 0) is 32.0 Å². The van der Waals surface area contributed by atoms with E-state index in [1.165, 1.54) is 25.3 Å². The number of benzene rings is 1. The minimum atomic E-state index is -0.620. The summed E-state index contributed by atoms with van der Waals surface area (Å²) in [5.41, 5.74) is 0.513. The minimum Gasteiger partial charge on any atom is -0.465 e. The van der Waals surface area contributed by atoms with Crippen molar-refractivity contribution in [1.29, 1.82) is 0 Å². The fourth-order valence-corrected chi connectivity index (χ4v) is 1.88. The zero-order valence-electron chi connectivity index (χ0n) is 11.7. The summed E-state index contributed by atoms with van der Waals surface area (Å²) in [7, 11) is 1.28. The topological polar surface area (TPSA) is 56.8 Å². The van der Waals surface area contributed by atoms with Gasteiger partial charge in [-0.25, -0.2) is 9.18 Å². The lowest BCUT2D eigenvalue weighted by atomic mass is 10.1. The summed E-state index contributed by atoms with van der Waals surface area (Å²) in [5.74, 6) is -1.57. The standard InChI is InChI=1S/C14H18FNO4/c1-14(2)19-7-10(8-20-14)16-12-6-9(13(17)18-3)4-5-11(12)15/h4-6,10,16H,7-8H2,1-3H3. The van der Waals surface area contributed by atoms with E-state index in [0.717, 1.165) is 0 Å². The van der Waals surface area contributed by atoms with E-state index in [9.17, 15) is 9.18 Å². The van der Waals surface area contributed by atoms with Gasteiger partial charge in [-0.3, -0.25) is 0 Å². The van der Waals surface area contributed by atoms with Crippen molar-refractivity contribution in [3.8, 4) is 0 Å². The van der Waals surface area contributed by atoms with E-state index in [1.54, 1.807) is 0 Å². The zero-order valence-corrected chi connectivity index (χ0v) is 11.7. The summed E-state index contributed by atoms with van der Waals surface area (Å²) in [6.45, 7) is 4.44. The van der Waals surface area contributed by atoms with Gasteiger partial charge >= 0.3 is 5.97 Å². The summed E-state index contributed by atoms with van der Waals surface area (Å²) < 4.78 is 29.3. The molecule has 0 atom stereocenters. The van der Waals surface area contributed by atoms with Crippen LogP contribution in [0.25, 0.3) is 0 Å². The Labute approximate surface area is 117 Å². The van der Waals surface area contributed by atoms with Crippen molar-refractivity contribution in [2.75, 3.05) is 25.6 Å². The van der Waals surface area contributed by atoms with Crippen molar-refractivity contribution < 1.29 is 23.4 Å². The van der Waals surface area contributed by atoms with Gasteiger partial charge in [-0.2, -0.15) is 0 Å². The van der Waals surface area contributed by atoms with Crippen LogP contribution in [0.1, 0.15) is 24.2 Å². The monoisotopic (exact) mass is 283 g/mol. The molecule has 1 aromatic rings. The predicted molar refractivity (Wildman–Crippen MR) is 71.1 cm³/mol. The summed E-state index contributed by atoms with van der Waals surface area (Å²) in [6.07, 6.45) is 0. The van der Waals surface area contributed by atoms with Crippen LogP contribution in [0.2, 0.25) is 0 Å². The second-order valence-corrected chi connectivity index (χ2v) is 5.05. The molecule has 0 radical (unpaired) electrons. The quantitative estimate of drug-likeness (QED) is 0.862. The Bertz CT molecular complexity index is 494. The molecule has 6 heteroatoms. The molecule has 2 rings (SSSR count). The summed E-state index contributed by atoms with van der Waals surface area (Å²) >= 11 is 0. The highest BCUT2D eigenvalue weighted by molar-refractivity contribution is 5.90. The van der Waals surface area contributed by atoms with Gasteiger partial charge in [0.1, 0.15) is 5.82 Å². The van der Waals surface area contributed by atoms with Crippen LogP contribution < -0.4 is 5.32 Å². The van der Waals surface area contributed by atoms with Crippen LogP contribution in [0.3, 0.4) is 0 Å². The Morgan fingerprint density at radius 3 is 2.65 bits per heavy atom. The number of hydrogen-bond acceptors (Lipinski definition) is 5. The lowest BCUT2D eigenvalue weighted by Crippen LogP contribution is -2.45. The van der Waals surface area contributed by atoms with Crippen LogP contribution in [0.5, 0.6) is 0 Å². The molecule has 1 aromatic carbocycles. The number of carbonyl (C=O) groups is 1. The molecule has 0 aromatic heterocycles. The maximum atomic E-state index is 13.7. The number of rotatable bonds is 3. The molecule has 0 unspecified atom stereocenters. The van der Waals surface area contributed by atoms with Gasteiger partial charge in [0.2, 0.25) is 0 Å². The Kier molecular flexibility index (Phi) is 4.25. The second kappa shape index (κ2) is 5.76. The maximum Gasteiger partial charge on any atom is 0.337 e. The smallest absolute Gasteiger partial charge is 0.337 e. The van der Waals surface area contributed by atoms with Gasteiger partial charge in [-0.15, -0.1) is 0 Å². The predicted octanol–water partition coefficient (Wildman–Crippen LogP) is 2.18. The molecule has 110 valence electrons. The lowest BCUT2D eigenvalue weighted by Gasteiger charge is -2.35. The Morgan fingerprint density at radius 2 is 2.05 bits per heavy atom. The molecule has 1 heterocycles. The van der Waals surface area contributed by atoms with Crippen molar-refractivity contribution in [2.45, 2.75) is 25.7 Å². The molecule has 0 aliphatic carbocycles. The minimum absolute atomic E-state index is 0.176. The third kappa shape index (κ3) is 3.46. The highest BCUT2D eigenvalue weighted by Crippen LogP contribution is 2.22. The molecule has 5 nitrogen and oxygen atoms in total. The summed E-state index contributed by atoms with van der Waals surface area (Å²) in [5, 5.41) is 2.97. The van der Waals surface area contributed by atoms with Crippen LogP contribution >= 0.6 is 0 Å². The molecular formula is C14H18FNO4. The number of carbonyl (C=O) groups excluding carboxylic acids is 1. The van der Waals surface area contributed by atoms with Crippen LogP contribution in [0.15, 0.2) is 18.2 Å². The zero-order chi connectivity index (χ0) is 14.8. The SMILES string of the molecule is COC(=O)c1ccc(F)c(NC2COC(C)(C)OC2)c1. The average Bonchev–Trinajstić information content (AvgIpc) is 2.42. The molecule has 0 spiro atoms. The van der Waals surface area contributed by atoms with Crippen LogP contribution in [-0.4, -0.2) is 38.1 Å². The van der Waals surface area contributed by atoms with Gasteiger partial charge in [0.15, 0.2) is 5.79 Å². The molecule has 0 bridgehead atoms. The summed E-state index contributed by atoms with van der Waals surface area (Å²) in [6, 6.07) is 3.85. The molecule has 1 N–H and O–H groups in total. The second-order valence-electron chi connectivity index (χ2n) is 5.05. The van der Waals surface area contributed by atoms with Gasteiger partial charge < -0.3 is 19.5 Å². The van der Waals surface area contributed by atoms with E-state index in [2.05, 4.69) is 10.1 Å². The van der Waals surface area contributed by atoms with Gasteiger partial charge in [-0.1, -0.05) is 0 Å². The maximum absolute atomic E-state index is 13.7. The average molecular weight is 283 g/mol. The number of esters is 1. The third-order valence-corrected chi connectivity index (χ3v) is 3.01. The van der Waals surface area contributed by atoms with Crippen LogP contribution in [0, 0.1) is 5.82 Å². The van der Waals surface area contributed by atoms with E-state index in [-0.39, 0.29) is 17.3 Å². The van der Waals surface area contributed by atoms with Crippen molar-refractivity contribution >= 4 is 11.7 Å². The van der Waals surface area contributed by atoms with Crippen molar-refractivity contribution in [3.63, 3.8) is 0 Å². The third-order valence-electron chi connectivity index (χ3n) is 3.01. The summed E-state index contributed by atoms with van der Waals surface area (Å²) in [4.78, 5) is 11.4. The van der Waals surface area contributed by atoms with Gasteiger partial charge in [0, 0.05) is 0 Å². The van der Waals surface area contributed by atoms with Crippen LogP contribution in [0.4, 0.5) is 10.1 Å². The Hall–Kier alpha value is -1.66. The molecule has 1 saturated heterocycles. The van der Waals surface area contributed by atoms with E-state index in [1.807, 2.05) is 13.8 Å². The first-order chi connectivity index (χ1) is 9.41. The van der Waals surface area contributed by atoms with E-state index < -0.39 is 17.6 Å². The van der Waals surface area contributed by atoms with Crippen molar-refractivity contribution in [2.24, 2.45) is 0 Å². The first-order valence-electron chi connectivity index (χ1n) is 6.33. The number of halogens is 1. The fourth-order valence-electron chi connectivity index (χ4n) is 1.88. The van der Waals surface area contributed by atoms with Gasteiger partial charge in [0.05, 0.1) is 37.6 Å². The molecule has 1 aliphatic rings. The fraction of sp³-hybridized carbons (Fsp3) is 0.500. The Balaban J connectivity index is 2.07. The number of hydrogen-bond donors (Lipinski definition) is 1. The molecule has 1 fully saturated rings. The Morgan fingerprint density at radius 1 is 1.40 bits per heavy atom. The molecular weight excluding hydrogens is 265 g/mol. The molecule has 1 aliphatic heterocycles. The molecule has 0 saturated carbocycles. The number of ether oxygens (including phenoxy) is 3. The largest absolute Gasteiger partial charge is 0.465 e. The van der Waals surface area contributed by atoms with Crippen molar-refractivity contribution in [1.82, 2.24) is 0 Å². The first kappa shape index (κ1) is 14.7. The van der Waals surface area contributed by atoms with Gasteiger partial charge in [0.25, 0.3) is 0 Å². The van der Waals surface area contributed by atoms with Crippen molar-refractivity contribution in [3.05, 3.63) is 29.6 Å².